The second-order valence-corrected chi connectivity index (χ2v) is 4.07. The van der Waals surface area contributed by atoms with Gasteiger partial charge in [-0.3, -0.25) is 0 Å². The van der Waals surface area contributed by atoms with Gasteiger partial charge >= 0.3 is 5.97 Å². The number of H-pyrrole nitrogens is 1. The zero-order valence-corrected chi connectivity index (χ0v) is 9.92. The molecule has 0 fully saturated rings. The molecule has 0 atom stereocenters. The molecule has 19 heavy (non-hydrogen) atoms. The highest BCUT2D eigenvalue weighted by atomic mass is 16.4. The summed E-state index contributed by atoms with van der Waals surface area (Å²) in [7, 11) is 0. The van der Waals surface area contributed by atoms with Crippen LogP contribution in [0.5, 0.6) is 0 Å². The number of carboxylic acids is 1. The fourth-order valence-electron chi connectivity index (χ4n) is 2.00. The molecule has 3 aromatic rings. The summed E-state index contributed by atoms with van der Waals surface area (Å²) in [4.78, 5) is 18.3. The Morgan fingerprint density at radius 1 is 1.16 bits per heavy atom. The third-order valence-corrected chi connectivity index (χ3v) is 2.84. The summed E-state index contributed by atoms with van der Waals surface area (Å²) in [5, 5.41) is 13.1. The Balaban J connectivity index is 2.15. The van der Waals surface area contributed by atoms with Gasteiger partial charge in [0.15, 0.2) is 0 Å². The second kappa shape index (κ2) is 4.45. The lowest BCUT2D eigenvalue weighted by molar-refractivity contribution is 0.0692. The molecule has 0 radical (unpaired) electrons. The van der Waals surface area contributed by atoms with Gasteiger partial charge < -0.3 is 15.4 Å². The molecule has 0 aliphatic rings. The molecule has 3 rings (SSSR count). The Hall–Kier alpha value is -2.82. The van der Waals surface area contributed by atoms with Crippen molar-refractivity contribution in [2.24, 2.45) is 0 Å². The summed E-state index contributed by atoms with van der Waals surface area (Å²) in [5.41, 5.74) is 1.44. The summed E-state index contributed by atoms with van der Waals surface area (Å²) in [5.74, 6) is -0.399. The van der Waals surface area contributed by atoms with Crippen LogP contribution in [0.4, 0.5) is 11.5 Å². The van der Waals surface area contributed by atoms with E-state index in [1.54, 1.807) is 18.3 Å². The lowest BCUT2D eigenvalue weighted by atomic mass is 10.2. The lowest BCUT2D eigenvalue weighted by Gasteiger charge is -2.05. The minimum absolute atomic E-state index is 0.131. The molecule has 0 spiro atoms. The zero-order chi connectivity index (χ0) is 13.2. The van der Waals surface area contributed by atoms with Crippen LogP contribution in [-0.2, 0) is 0 Å². The first-order valence-electron chi connectivity index (χ1n) is 5.78. The van der Waals surface area contributed by atoms with Crippen LogP contribution in [0.25, 0.3) is 10.9 Å². The number of fused-ring (bicyclic) bond motifs is 1. The van der Waals surface area contributed by atoms with Gasteiger partial charge in [-0.15, -0.1) is 0 Å². The van der Waals surface area contributed by atoms with Crippen molar-refractivity contribution in [2.45, 2.75) is 0 Å². The average molecular weight is 253 g/mol. The highest BCUT2D eigenvalue weighted by Gasteiger charge is 2.16. The maximum Gasteiger partial charge on any atom is 0.354 e. The minimum Gasteiger partial charge on any atom is -0.477 e. The summed E-state index contributed by atoms with van der Waals surface area (Å²) in [6, 6.07) is 12.9. The largest absolute Gasteiger partial charge is 0.477 e. The van der Waals surface area contributed by atoms with Crippen molar-refractivity contribution in [2.75, 3.05) is 5.32 Å². The molecule has 0 aliphatic heterocycles. The van der Waals surface area contributed by atoms with E-state index < -0.39 is 5.97 Å². The molecule has 2 heterocycles. The number of carbonyl (C=O) groups is 1. The Morgan fingerprint density at radius 2 is 1.95 bits per heavy atom. The molecule has 0 bridgehead atoms. The number of nitrogens with zero attached hydrogens (tertiary/aromatic N) is 1. The van der Waals surface area contributed by atoms with E-state index in [2.05, 4.69) is 15.3 Å². The van der Waals surface area contributed by atoms with Crippen LogP contribution in [0.2, 0.25) is 0 Å². The van der Waals surface area contributed by atoms with Crippen LogP contribution < -0.4 is 5.32 Å². The van der Waals surface area contributed by atoms with Crippen molar-refractivity contribution in [3.8, 4) is 0 Å². The van der Waals surface area contributed by atoms with Gasteiger partial charge in [-0.2, -0.15) is 0 Å². The number of aromatic amines is 1. The zero-order valence-electron chi connectivity index (χ0n) is 9.92. The summed E-state index contributed by atoms with van der Waals surface area (Å²) >= 11 is 0. The van der Waals surface area contributed by atoms with Gasteiger partial charge in [0.05, 0.1) is 5.69 Å². The smallest absolute Gasteiger partial charge is 0.354 e. The number of aromatic carboxylic acids is 1. The highest BCUT2D eigenvalue weighted by molar-refractivity contribution is 6.06. The molecule has 3 N–H and O–H groups in total. The van der Waals surface area contributed by atoms with Crippen LogP contribution in [0, 0.1) is 0 Å². The number of nitrogens with one attached hydrogen (secondary N) is 2. The molecule has 0 unspecified atom stereocenters. The van der Waals surface area contributed by atoms with E-state index in [-0.39, 0.29) is 5.69 Å². The molecular weight excluding hydrogens is 242 g/mol. The van der Waals surface area contributed by atoms with Crippen LogP contribution in [-0.4, -0.2) is 21.0 Å². The van der Waals surface area contributed by atoms with Crippen LogP contribution in [0.15, 0.2) is 48.7 Å². The monoisotopic (exact) mass is 253 g/mol. The summed E-state index contributed by atoms with van der Waals surface area (Å²) < 4.78 is 0. The predicted octanol–water partition coefficient (Wildman–Crippen LogP) is 3.00. The second-order valence-electron chi connectivity index (χ2n) is 4.07. The third kappa shape index (κ3) is 2.01. The minimum atomic E-state index is -1.00. The van der Waals surface area contributed by atoms with Gasteiger partial charge in [0.25, 0.3) is 0 Å². The molecule has 5 heteroatoms. The van der Waals surface area contributed by atoms with Crippen LogP contribution in [0.3, 0.4) is 0 Å². The average Bonchev–Trinajstić information content (AvgIpc) is 2.79. The van der Waals surface area contributed by atoms with Crippen molar-refractivity contribution in [1.29, 1.82) is 0 Å². The van der Waals surface area contributed by atoms with Gasteiger partial charge in [-0.1, -0.05) is 24.3 Å². The van der Waals surface area contributed by atoms with E-state index in [4.69, 9.17) is 0 Å². The maximum absolute atomic E-state index is 11.3. The van der Waals surface area contributed by atoms with Gasteiger partial charge in [-0.25, -0.2) is 9.78 Å². The summed E-state index contributed by atoms with van der Waals surface area (Å²) in [6.45, 7) is 0. The molecule has 94 valence electrons. The number of hydrogen-bond donors (Lipinski definition) is 3. The van der Waals surface area contributed by atoms with Crippen molar-refractivity contribution in [1.82, 2.24) is 9.97 Å². The number of anilines is 2. The first-order valence-corrected chi connectivity index (χ1v) is 5.78. The maximum atomic E-state index is 11.3. The van der Waals surface area contributed by atoms with Crippen LogP contribution in [0.1, 0.15) is 10.5 Å². The van der Waals surface area contributed by atoms with Crippen molar-refractivity contribution < 1.29 is 9.90 Å². The topological polar surface area (TPSA) is 78.0 Å². The molecule has 0 saturated heterocycles. The van der Waals surface area contributed by atoms with Gasteiger partial charge in [0.1, 0.15) is 11.5 Å². The first-order chi connectivity index (χ1) is 9.25. The Bertz CT molecular complexity index is 735. The van der Waals surface area contributed by atoms with Crippen molar-refractivity contribution >= 4 is 28.4 Å². The van der Waals surface area contributed by atoms with Gasteiger partial charge in [0.2, 0.25) is 0 Å². The van der Waals surface area contributed by atoms with Crippen molar-refractivity contribution in [3.63, 3.8) is 0 Å². The van der Waals surface area contributed by atoms with E-state index in [1.807, 2.05) is 30.3 Å². The van der Waals surface area contributed by atoms with E-state index in [0.29, 0.717) is 11.5 Å². The molecule has 1 aromatic carbocycles. The highest BCUT2D eigenvalue weighted by Crippen LogP contribution is 2.29. The molecule has 2 aromatic heterocycles. The van der Waals surface area contributed by atoms with Gasteiger partial charge in [0, 0.05) is 17.1 Å². The predicted molar refractivity (Wildman–Crippen MR) is 72.8 cm³/mol. The Labute approximate surface area is 108 Å². The molecule has 0 aliphatic carbocycles. The van der Waals surface area contributed by atoms with Crippen molar-refractivity contribution in [3.05, 3.63) is 54.4 Å². The normalized spacial score (nSPS) is 10.5. The number of aromatic nitrogens is 2. The Kier molecular flexibility index (Phi) is 2.64. The first kappa shape index (κ1) is 11.3. The number of benzene rings is 1. The van der Waals surface area contributed by atoms with Gasteiger partial charge in [-0.05, 0) is 18.2 Å². The lowest BCUT2D eigenvalue weighted by Crippen LogP contribution is -2.02. The summed E-state index contributed by atoms with van der Waals surface area (Å²) in [6.07, 6.45) is 1.65. The standard InChI is InChI=1S/C14H11N3O2/c18-14(19)13-12(17-11-7-3-4-8-15-11)9-5-1-2-6-10(9)16-13/h1-8,16H,(H,15,17)(H,18,19). The van der Waals surface area contributed by atoms with E-state index >= 15 is 0 Å². The molecular formula is C14H11N3O2. The number of hydrogen-bond acceptors (Lipinski definition) is 3. The van der Waals surface area contributed by atoms with Crippen LogP contribution >= 0.6 is 0 Å². The number of pyridine rings is 1. The third-order valence-electron chi connectivity index (χ3n) is 2.84. The van der Waals surface area contributed by atoms with E-state index in [1.165, 1.54) is 0 Å². The van der Waals surface area contributed by atoms with E-state index in [9.17, 15) is 9.90 Å². The molecule has 0 amide bonds. The number of rotatable bonds is 3. The number of para-hydroxylation sites is 1. The fourth-order valence-corrected chi connectivity index (χ4v) is 2.00. The molecule has 0 saturated carbocycles. The van der Waals surface area contributed by atoms with E-state index in [0.717, 1.165) is 10.9 Å². The number of carboxylic acid groups (broad SMARTS) is 1. The quantitative estimate of drug-likeness (QED) is 0.670. The Morgan fingerprint density at radius 3 is 2.68 bits per heavy atom. The fraction of sp³-hybridized carbons (Fsp3) is 0. The SMILES string of the molecule is O=C(O)c1[nH]c2ccccc2c1Nc1ccccn1. The molecule has 5 nitrogen and oxygen atoms in total.